The van der Waals surface area contributed by atoms with Gasteiger partial charge in [0.15, 0.2) is 0 Å². The number of aromatic nitrogens is 1. The molecule has 2 atom stereocenters. The van der Waals surface area contributed by atoms with Crippen LogP contribution in [0.4, 0.5) is 0 Å². The fourth-order valence-electron chi connectivity index (χ4n) is 3.76. The molecule has 0 saturated carbocycles. The van der Waals surface area contributed by atoms with Crippen LogP contribution in [0.5, 0.6) is 0 Å². The highest BCUT2D eigenvalue weighted by molar-refractivity contribution is 5.98. The van der Waals surface area contributed by atoms with Gasteiger partial charge in [0.25, 0.3) is 5.91 Å². The summed E-state index contributed by atoms with van der Waals surface area (Å²) in [7, 11) is 0. The molecular formula is C21H22N2O2. The molecule has 1 amide bonds. The average Bonchev–Trinajstić information content (AvgIpc) is 3.28. The van der Waals surface area contributed by atoms with E-state index in [1.165, 1.54) is 0 Å². The van der Waals surface area contributed by atoms with Gasteiger partial charge in [-0.25, -0.2) is 0 Å². The maximum Gasteiger partial charge on any atom is 0.270 e. The number of para-hydroxylation sites is 1. The summed E-state index contributed by atoms with van der Waals surface area (Å²) in [5.41, 5.74) is 2.51. The molecule has 1 aliphatic rings. The van der Waals surface area contributed by atoms with E-state index in [2.05, 4.69) is 4.98 Å². The highest BCUT2D eigenvalue weighted by atomic mass is 16.3. The fourth-order valence-corrected chi connectivity index (χ4v) is 3.76. The Morgan fingerprint density at radius 2 is 1.92 bits per heavy atom. The Labute approximate surface area is 147 Å². The van der Waals surface area contributed by atoms with E-state index in [9.17, 15) is 9.90 Å². The van der Waals surface area contributed by atoms with Crippen LogP contribution in [-0.2, 0) is 0 Å². The Bertz CT molecular complexity index is 839. The monoisotopic (exact) mass is 334 g/mol. The molecule has 25 heavy (non-hydrogen) atoms. The summed E-state index contributed by atoms with van der Waals surface area (Å²) in [5.74, 6) is 0.0268. The number of fused-ring (bicyclic) bond motifs is 1. The SMILES string of the molecule is O=C(c1cc2ccccc2[nH]1)N1CCC[C@@H]1C[C@@H](O)c1ccccc1. The van der Waals surface area contributed by atoms with Gasteiger partial charge in [0, 0.05) is 23.5 Å². The first kappa shape index (κ1) is 15.9. The molecule has 4 nitrogen and oxygen atoms in total. The lowest BCUT2D eigenvalue weighted by Gasteiger charge is -2.26. The Morgan fingerprint density at radius 1 is 1.16 bits per heavy atom. The molecule has 1 saturated heterocycles. The van der Waals surface area contributed by atoms with Gasteiger partial charge >= 0.3 is 0 Å². The number of carbonyl (C=O) groups excluding carboxylic acids is 1. The average molecular weight is 334 g/mol. The van der Waals surface area contributed by atoms with E-state index in [0.717, 1.165) is 35.9 Å². The zero-order valence-corrected chi connectivity index (χ0v) is 14.1. The molecule has 4 heteroatoms. The second-order valence-corrected chi connectivity index (χ2v) is 6.73. The largest absolute Gasteiger partial charge is 0.388 e. The summed E-state index contributed by atoms with van der Waals surface area (Å²) in [6.45, 7) is 0.750. The van der Waals surface area contributed by atoms with E-state index in [0.29, 0.717) is 12.1 Å². The lowest BCUT2D eigenvalue weighted by Crippen LogP contribution is -2.36. The van der Waals surface area contributed by atoms with E-state index in [4.69, 9.17) is 0 Å². The van der Waals surface area contributed by atoms with Gasteiger partial charge in [0.1, 0.15) is 5.69 Å². The van der Waals surface area contributed by atoms with Crippen molar-refractivity contribution in [2.75, 3.05) is 6.54 Å². The standard InChI is InChI=1S/C21H22N2O2/c24-20(15-7-2-1-3-8-15)14-17-10-6-12-23(17)21(25)19-13-16-9-4-5-11-18(16)22-19/h1-5,7-9,11,13,17,20,22,24H,6,10,12,14H2/t17-,20-/m1/s1. The van der Waals surface area contributed by atoms with Crippen LogP contribution in [0.3, 0.4) is 0 Å². The molecule has 1 aliphatic heterocycles. The van der Waals surface area contributed by atoms with Gasteiger partial charge < -0.3 is 15.0 Å². The van der Waals surface area contributed by atoms with Crippen molar-refractivity contribution >= 4 is 16.8 Å². The topological polar surface area (TPSA) is 56.3 Å². The number of nitrogens with one attached hydrogen (secondary N) is 1. The zero-order valence-electron chi connectivity index (χ0n) is 14.1. The zero-order chi connectivity index (χ0) is 17.2. The second kappa shape index (κ2) is 6.73. The number of carbonyl (C=O) groups is 1. The lowest BCUT2D eigenvalue weighted by atomic mass is 10.0. The fraction of sp³-hybridized carbons (Fsp3) is 0.286. The van der Waals surface area contributed by atoms with Gasteiger partial charge in [0.05, 0.1) is 6.10 Å². The first-order valence-corrected chi connectivity index (χ1v) is 8.84. The molecule has 1 fully saturated rings. The second-order valence-electron chi connectivity index (χ2n) is 6.73. The molecule has 2 aromatic carbocycles. The number of hydrogen-bond acceptors (Lipinski definition) is 2. The van der Waals surface area contributed by atoms with Gasteiger partial charge in [-0.05, 0) is 37.0 Å². The Morgan fingerprint density at radius 3 is 2.72 bits per heavy atom. The van der Waals surface area contributed by atoms with Crippen molar-refractivity contribution in [2.45, 2.75) is 31.4 Å². The number of H-pyrrole nitrogens is 1. The van der Waals surface area contributed by atoms with Crippen molar-refractivity contribution in [1.29, 1.82) is 0 Å². The van der Waals surface area contributed by atoms with Crippen LogP contribution in [0.25, 0.3) is 10.9 Å². The quantitative estimate of drug-likeness (QED) is 0.760. The molecule has 4 rings (SSSR count). The van der Waals surface area contributed by atoms with Gasteiger partial charge in [-0.2, -0.15) is 0 Å². The predicted octanol–water partition coefficient (Wildman–Crippen LogP) is 3.90. The molecule has 2 heterocycles. The minimum atomic E-state index is -0.540. The lowest BCUT2D eigenvalue weighted by molar-refractivity contribution is 0.0662. The van der Waals surface area contributed by atoms with Crippen molar-refractivity contribution in [3.63, 3.8) is 0 Å². The smallest absolute Gasteiger partial charge is 0.270 e. The number of hydrogen-bond donors (Lipinski definition) is 2. The van der Waals surface area contributed by atoms with Gasteiger partial charge in [0.2, 0.25) is 0 Å². The number of benzene rings is 2. The molecule has 0 unspecified atom stereocenters. The van der Waals surface area contributed by atoms with Crippen LogP contribution in [0.2, 0.25) is 0 Å². The normalized spacial score (nSPS) is 18.6. The summed E-state index contributed by atoms with van der Waals surface area (Å²) in [6.07, 6.45) is 1.96. The van der Waals surface area contributed by atoms with Gasteiger partial charge in [-0.3, -0.25) is 4.79 Å². The molecule has 3 aromatic rings. The van der Waals surface area contributed by atoms with Crippen LogP contribution < -0.4 is 0 Å². The maximum atomic E-state index is 13.0. The summed E-state index contributed by atoms with van der Waals surface area (Å²) in [4.78, 5) is 18.1. The molecule has 128 valence electrons. The number of likely N-dealkylation sites (tertiary alicyclic amines) is 1. The maximum absolute atomic E-state index is 13.0. The van der Waals surface area contributed by atoms with Crippen molar-refractivity contribution in [3.05, 3.63) is 71.9 Å². The summed E-state index contributed by atoms with van der Waals surface area (Å²) >= 11 is 0. The third kappa shape index (κ3) is 3.17. The van der Waals surface area contributed by atoms with E-state index in [1.54, 1.807) is 0 Å². The van der Waals surface area contributed by atoms with Crippen LogP contribution in [0, 0.1) is 0 Å². The molecular weight excluding hydrogens is 312 g/mol. The Balaban J connectivity index is 1.51. The van der Waals surface area contributed by atoms with Gasteiger partial charge in [-0.1, -0.05) is 48.5 Å². The Kier molecular flexibility index (Phi) is 4.28. The highest BCUT2D eigenvalue weighted by Gasteiger charge is 2.31. The molecule has 2 N–H and O–H groups in total. The molecule has 0 radical (unpaired) electrons. The minimum absolute atomic E-state index is 0.0268. The third-order valence-electron chi connectivity index (χ3n) is 5.08. The first-order chi connectivity index (χ1) is 12.2. The minimum Gasteiger partial charge on any atom is -0.388 e. The molecule has 1 aromatic heterocycles. The van der Waals surface area contributed by atoms with Crippen molar-refractivity contribution in [3.8, 4) is 0 Å². The Hall–Kier alpha value is -2.59. The first-order valence-electron chi connectivity index (χ1n) is 8.84. The van der Waals surface area contributed by atoms with E-state index >= 15 is 0 Å². The number of rotatable bonds is 4. The number of aromatic amines is 1. The summed E-state index contributed by atoms with van der Waals surface area (Å²) in [5, 5.41) is 11.6. The highest BCUT2D eigenvalue weighted by Crippen LogP contribution is 2.29. The van der Waals surface area contributed by atoms with E-state index in [1.807, 2.05) is 65.6 Å². The number of amides is 1. The number of aliphatic hydroxyl groups excluding tert-OH is 1. The summed E-state index contributed by atoms with van der Waals surface area (Å²) in [6, 6.07) is 19.6. The molecule has 0 aliphatic carbocycles. The van der Waals surface area contributed by atoms with Crippen LogP contribution in [0.15, 0.2) is 60.7 Å². The number of aliphatic hydroxyl groups is 1. The van der Waals surface area contributed by atoms with Crippen LogP contribution in [0.1, 0.15) is 41.4 Å². The van der Waals surface area contributed by atoms with Gasteiger partial charge in [-0.15, -0.1) is 0 Å². The van der Waals surface area contributed by atoms with E-state index < -0.39 is 6.10 Å². The van der Waals surface area contributed by atoms with Crippen molar-refractivity contribution in [1.82, 2.24) is 9.88 Å². The molecule has 0 bridgehead atoms. The number of nitrogens with zero attached hydrogens (tertiary/aromatic N) is 1. The van der Waals surface area contributed by atoms with E-state index in [-0.39, 0.29) is 11.9 Å². The van der Waals surface area contributed by atoms with Crippen LogP contribution >= 0.6 is 0 Å². The third-order valence-corrected chi connectivity index (χ3v) is 5.08. The predicted molar refractivity (Wildman–Crippen MR) is 98.4 cm³/mol. The van der Waals surface area contributed by atoms with Crippen molar-refractivity contribution in [2.24, 2.45) is 0 Å². The van der Waals surface area contributed by atoms with Crippen molar-refractivity contribution < 1.29 is 9.90 Å². The van der Waals surface area contributed by atoms with Crippen LogP contribution in [-0.4, -0.2) is 33.5 Å². The summed E-state index contributed by atoms with van der Waals surface area (Å²) < 4.78 is 0. The molecule has 0 spiro atoms.